The van der Waals surface area contributed by atoms with Gasteiger partial charge in [0.2, 0.25) is 23.8 Å². The molecule has 0 radical (unpaired) electrons. The molecule has 3 N–H and O–H groups in total. The number of rotatable bonds is 7. The summed E-state index contributed by atoms with van der Waals surface area (Å²) in [5.74, 6) is 1.40. The van der Waals surface area contributed by atoms with E-state index in [-0.39, 0.29) is 35.4 Å². The summed E-state index contributed by atoms with van der Waals surface area (Å²) in [7, 11) is 3.90. The fourth-order valence-corrected chi connectivity index (χ4v) is 5.68. The first-order valence-electron chi connectivity index (χ1n) is 13.2. The van der Waals surface area contributed by atoms with E-state index >= 15 is 0 Å². The Kier molecular flexibility index (Phi) is 7.34. The molecule has 1 amide bonds. The van der Waals surface area contributed by atoms with Crippen LogP contribution in [0.15, 0.2) is 24.3 Å². The van der Waals surface area contributed by atoms with E-state index in [1.807, 2.05) is 0 Å². The molecule has 38 heavy (non-hydrogen) atoms. The number of amides is 1. The zero-order valence-electron chi connectivity index (χ0n) is 21.8. The number of benzene rings is 1. The summed E-state index contributed by atoms with van der Waals surface area (Å²) in [4.78, 5) is 31.0. The zero-order chi connectivity index (χ0) is 26.9. The molecule has 2 saturated carbocycles. The average Bonchev–Trinajstić information content (AvgIpc) is 3.57. The summed E-state index contributed by atoms with van der Waals surface area (Å²) in [5.41, 5.74) is -0.508. The highest BCUT2D eigenvalue weighted by Gasteiger charge is 2.56. The van der Waals surface area contributed by atoms with Crippen molar-refractivity contribution < 1.29 is 18.0 Å². The maximum absolute atomic E-state index is 13.2. The minimum Gasteiger partial charge on any atom is -0.357 e. The van der Waals surface area contributed by atoms with Crippen LogP contribution in [0.2, 0.25) is 0 Å². The summed E-state index contributed by atoms with van der Waals surface area (Å²) < 4.78 is 39.7. The number of likely N-dealkylation sites (N-methyl/N-ethyl adjacent to an activating group) is 1. The maximum atomic E-state index is 13.2. The molecular weight excluding hydrogens is 497 g/mol. The van der Waals surface area contributed by atoms with Crippen molar-refractivity contribution in [2.45, 2.75) is 50.9 Å². The molecule has 1 aromatic carbocycles. The van der Waals surface area contributed by atoms with E-state index in [2.05, 4.69) is 42.8 Å². The number of alkyl halides is 3. The van der Waals surface area contributed by atoms with E-state index in [1.54, 1.807) is 13.1 Å². The van der Waals surface area contributed by atoms with Crippen LogP contribution >= 0.6 is 0 Å². The highest BCUT2D eigenvalue weighted by Crippen LogP contribution is 2.58. The van der Waals surface area contributed by atoms with Gasteiger partial charge < -0.3 is 25.8 Å². The molecule has 0 bridgehead atoms. The fourth-order valence-electron chi connectivity index (χ4n) is 5.68. The van der Waals surface area contributed by atoms with E-state index in [0.717, 1.165) is 64.3 Å². The number of nitrogens with one attached hydrogen (secondary N) is 3. The predicted octanol–water partition coefficient (Wildman–Crippen LogP) is 3.36. The van der Waals surface area contributed by atoms with Crippen molar-refractivity contribution in [3.05, 3.63) is 35.4 Å². The first kappa shape index (κ1) is 26.5. The third-order valence-corrected chi connectivity index (χ3v) is 8.25. The van der Waals surface area contributed by atoms with Crippen LogP contribution < -0.4 is 20.9 Å². The summed E-state index contributed by atoms with van der Waals surface area (Å²) in [6.07, 6.45) is -0.240. The van der Waals surface area contributed by atoms with Gasteiger partial charge in [-0.25, -0.2) is 0 Å². The van der Waals surface area contributed by atoms with Crippen LogP contribution in [0.25, 0.3) is 0 Å². The molecule has 9 nitrogen and oxygen atoms in total. The Bertz CT molecular complexity index is 1140. The number of halogens is 3. The molecule has 3 fully saturated rings. The third kappa shape index (κ3) is 5.79. The molecule has 1 spiro atoms. The maximum Gasteiger partial charge on any atom is 0.416 e. The van der Waals surface area contributed by atoms with Gasteiger partial charge in [-0.1, -0.05) is 18.2 Å². The van der Waals surface area contributed by atoms with Gasteiger partial charge in [0.25, 0.3) is 0 Å². The Morgan fingerprint density at radius 1 is 1.05 bits per heavy atom. The van der Waals surface area contributed by atoms with Crippen LogP contribution in [0.4, 0.5) is 31.0 Å². The van der Waals surface area contributed by atoms with Gasteiger partial charge in [-0.3, -0.25) is 4.79 Å². The quantitative estimate of drug-likeness (QED) is 0.500. The summed E-state index contributed by atoms with van der Waals surface area (Å²) in [5, 5.41) is 9.27. The normalized spacial score (nSPS) is 25.8. The number of piperazine rings is 1. The number of carbonyl (C=O) groups is 1. The van der Waals surface area contributed by atoms with E-state index in [1.165, 1.54) is 12.1 Å². The Morgan fingerprint density at radius 3 is 2.42 bits per heavy atom. The molecule has 2 aliphatic carbocycles. The number of hydrogen-bond acceptors (Lipinski definition) is 8. The van der Waals surface area contributed by atoms with Crippen LogP contribution in [-0.4, -0.2) is 72.1 Å². The van der Waals surface area contributed by atoms with Crippen molar-refractivity contribution in [1.29, 1.82) is 0 Å². The van der Waals surface area contributed by atoms with Crippen LogP contribution in [0, 0.1) is 11.3 Å². The van der Waals surface area contributed by atoms with Crippen LogP contribution in [0.1, 0.15) is 43.2 Å². The second kappa shape index (κ2) is 10.5. The molecule has 206 valence electrons. The summed E-state index contributed by atoms with van der Waals surface area (Å²) in [6, 6.07) is 5.61. The Labute approximate surface area is 220 Å². The van der Waals surface area contributed by atoms with E-state index < -0.39 is 11.7 Å². The predicted molar refractivity (Wildman–Crippen MR) is 139 cm³/mol. The standard InChI is InChI=1S/C26H35F3N8O/c1-30-22-33-23(35-24(34-22)37-13-11-36(2)12-14-37)32-20-15-25(20)9-7-17(8-10-25)21(38)31-16-18-5-3-4-6-19(18)26(27,28)29/h3-6,17,20H,7-16H2,1-2H3,(H,31,38)(H2,30,32,33,34,35). The second-order valence-corrected chi connectivity index (χ2v) is 10.7. The SMILES string of the molecule is CNc1nc(NC2CC23CCC(C(=O)NCc2ccccc2C(F)(F)F)CC3)nc(N2CCN(C)CC2)n1. The van der Waals surface area contributed by atoms with Gasteiger partial charge in [0, 0.05) is 51.7 Å². The first-order valence-corrected chi connectivity index (χ1v) is 13.2. The van der Waals surface area contributed by atoms with Crippen molar-refractivity contribution in [3.63, 3.8) is 0 Å². The number of aromatic nitrogens is 3. The Hall–Kier alpha value is -3.15. The lowest BCUT2D eigenvalue weighted by Gasteiger charge is -2.32. The lowest BCUT2D eigenvalue weighted by Crippen LogP contribution is -2.45. The van der Waals surface area contributed by atoms with Crippen molar-refractivity contribution in [2.24, 2.45) is 11.3 Å². The molecule has 1 aliphatic heterocycles. The second-order valence-electron chi connectivity index (χ2n) is 10.7. The van der Waals surface area contributed by atoms with Gasteiger partial charge in [0.1, 0.15) is 0 Å². The Morgan fingerprint density at radius 2 is 1.74 bits per heavy atom. The van der Waals surface area contributed by atoms with Gasteiger partial charge in [0.15, 0.2) is 0 Å². The average molecular weight is 533 g/mol. The lowest BCUT2D eigenvalue weighted by atomic mass is 9.79. The molecular formula is C26H35F3N8O. The zero-order valence-corrected chi connectivity index (χ0v) is 21.8. The van der Waals surface area contributed by atoms with Gasteiger partial charge in [-0.05, 0) is 56.2 Å². The molecule has 2 aromatic rings. The minimum atomic E-state index is -4.44. The molecule has 1 atom stereocenters. The van der Waals surface area contributed by atoms with Gasteiger partial charge in [-0.15, -0.1) is 0 Å². The summed E-state index contributed by atoms with van der Waals surface area (Å²) in [6.45, 7) is 3.52. The van der Waals surface area contributed by atoms with Crippen LogP contribution in [0.5, 0.6) is 0 Å². The molecule has 1 unspecified atom stereocenters. The topological polar surface area (TPSA) is 98.3 Å². The monoisotopic (exact) mass is 532 g/mol. The molecule has 3 aliphatic rings. The summed E-state index contributed by atoms with van der Waals surface area (Å²) >= 11 is 0. The first-order chi connectivity index (χ1) is 18.2. The lowest BCUT2D eigenvalue weighted by molar-refractivity contribution is -0.138. The highest BCUT2D eigenvalue weighted by atomic mass is 19.4. The minimum absolute atomic E-state index is 0.0846. The van der Waals surface area contributed by atoms with Crippen molar-refractivity contribution in [1.82, 2.24) is 25.2 Å². The smallest absolute Gasteiger partial charge is 0.357 e. The molecule has 5 rings (SSSR count). The third-order valence-electron chi connectivity index (χ3n) is 8.25. The molecule has 1 saturated heterocycles. The molecule has 12 heteroatoms. The highest BCUT2D eigenvalue weighted by molar-refractivity contribution is 5.78. The number of carbonyl (C=O) groups excluding carboxylic acids is 1. The largest absolute Gasteiger partial charge is 0.416 e. The fraction of sp³-hybridized carbons (Fsp3) is 0.615. The van der Waals surface area contributed by atoms with Crippen LogP contribution in [0.3, 0.4) is 0 Å². The van der Waals surface area contributed by atoms with Crippen LogP contribution in [-0.2, 0) is 17.5 Å². The molecule has 1 aromatic heterocycles. The van der Waals surface area contributed by atoms with Gasteiger partial charge >= 0.3 is 6.18 Å². The number of anilines is 3. The number of hydrogen-bond donors (Lipinski definition) is 3. The number of nitrogens with zero attached hydrogens (tertiary/aromatic N) is 5. The Balaban J connectivity index is 1.14. The van der Waals surface area contributed by atoms with Crippen molar-refractivity contribution >= 4 is 23.8 Å². The van der Waals surface area contributed by atoms with E-state index in [0.29, 0.717) is 17.8 Å². The van der Waals surface area contributed by atoms with Gasteiger partial charge in [-0.2, -0.15) is 28.1 Å². The van der Waals surface area contributed by atoms with Gasteiger partial charge in [0.05, 0.1) is 5.56 Å². The van der Waals surface area contributed by atoms with Crippen molar-refractivity contribution in [2.75, 3.05) is 55.8 Å². The van der Waals surface area contributed by atoms with E-state index in [9.17, 15) is 18.0 Å². The van der Waals surface area contributed by atoms with E-state index in [4.69, 9.17) is 4.98 Å². The van der Waals surface area contributed by atoms with Crippen molar-refractivity contribution in [3.8, 4) is 0 Å². The molecule has 2 heterocycles.